The summed E-state index contributed by atoms with van der Waals surface area (Å²) in [7, 11) is 1.56. The molecule has 4 aliphatic rings. The molecular weight excluding hydrogens is 625 g/mol. The highest BCUT2D eigenvalue weighted by Gasteiger charge is 2.59. The molecule has 4 aromatic carbocycles. The Bertz CT molecular complexity index is 2340. The molecule has 1 aromatic heterocycles. The summed E-state index contributed by atoms with van der Waals surface area (Å²) in [5.74, 6) is -3.79. The summed E-state index contributed by atoms with van der Waals surface area (Å²) in [5.41, 5.74) is 7.26. The highest BCUT2D eigenvalue weighted by molar-refractivity contribution is 7.07. The van der Waals surface area contributed by atoms with E-state index in [4.69, 9.17) is 4.74 Å². The summed E-state index contributed by atoms with van der Waals surface area (Å²) in [6, 6.07) is 33.6. The van der Waals surface area contributed by atoms with Gasteiger partial charge in [0, 0.05) is 17.5 Å². The summed E-state index contributed by atoms with van der Waals surface area (Å²) >= 11 is 0.726. The molecule has 1 N–H and O–H groups in total. The molecule has 1 aliphatic heterocycles. The molecule has 1 fully saturated rings. The van der Waals surface area contributed by atoms with Gasteiger partial charge in [0.2, 0.25) is 5.91 Å². The molecule has 9 nitrogen and oxygen atoms in total. The maximum Gasteiger partial charge on any atom is 0.293 e. The number of nitrogens with zero attached hydrogens (tertiary/aromatic N) is 3. The van der Waals surface area contributed by atoms with Gasteiger partial charge in [0.25, 0.3) is 16.6 Å². The second-order valence-corrected chi connectivity index (χ2v) is 12.8. The van der Waals surface area contributed by atoms with E-state index in [1.807, 2.05) is 60.7 Å². The van der Waals surface area contributed by atoms with Crippen molar-refractivity contribution in [2.24, 2.45) is 11.8 Å². The van der Waals surface area contributed by atoms with Crippen molar-refractivity contribution < 1.29 is 19.1 Å². The largest absolute Gasteiger partial charge is 0.497 e. The maximum absolute atomic E-state index is 14.4. The van der Waals surface area contributed by atoms with E-state index in [9.17, 15) is 24.4 Å². The fourth-order valence-electron chi connectivity index (χ4n) is 7.49. The van der Waals surface area contributed by atoms with Gasteiger partial charge in [-0.15, -0.1) is 0 Å². The minimum atomic E-state index is -1.00. The zero-order chi connectivity index (χ0) is 33.1. The minimum absolute atomic E-state index is 0.0449. The van der Waals surface area contributed by atoms with E-state index in [-0.39, 0.29) is 15.9 Å². The van der Waals surface area contributed by atoms with Crippen molar-refractivity contribution in [3.63, 3.8) is 0 Å². The summed E-state index contributed by atoms with van der Waals surface area (Å²) in [6.45, 7) is 0. The zero-order valence-corrected chi connectivity index (χ0v) is 26.3. The Morgan fingerprint density at radius 2 is 1.38 bits per heavy atom. The smallest absolute Gasteiger partial charge is 0.293 e. The van der Waals surface area contributed by atoms with E-state index in [1.54, 1.807) is 66.3 Å². The fraction of sp³-hybridized carbons (Fsp3) is 0.132. The molecule has 2 atom stereocenters. The van der Waals surface area contributed by atoms with E-state index in [0.717, 1.165) is 33.6 Å². The van der Waals surface area contributed by atoms with Crippen LogP contribution in [0.3, 0.4) is 0 Å². The topological polar surface area (TPSA) is 122 Å². The molecule has 1 saturated heterocycles. The Balaban J connectivity index is 1.28. The molecule has 234 valence electrons. The van der Waals surface area contributed by atoms with Crippen LogP contribution in [0.5, 0.6) is 5.75 Å². The number of carbonyl (C=O) groups is 3. The molecule has 3 aliphatic carbocycles. The number of aromatic nitrogens is 1. The first-order valence-electron chi connectivity index (χ1n) is 15.3. The van der Waals surface area contributed by atoms with Gasteiger partial charge in [-0.1, -0.05) is 90.2 Å². The number of rotatable bonds is 4. The van der Waals surface area contributed by atoms with Crippen LogP contribution in [-0.2, 0) is 14.4 Å². The third kappa shape index (κ3) is 4.36. The lowest BCUT2D eigenvalue weighted by molar-refractivity contribution is -0.164. The van der Waals surface area contributed by atoms with Gasteiger partial charge in [0.15, 0.2) is 5.57 Å². The van der Waals surface area contributed by atoms with Crippen LogP contribution >= 0.6 is 11.3 Å². The van der Waals surface area contributed by atoms with Gasteiger partial charge < -0.3 is 4.74 Å². The van der Waals surface area contributed by atoms with Gasteiger partial charge in [-0.05, 0) is 58.2 Å². The molecule has 0 radical (unpaired) electrons. The van der Waals surface area contributed by atoms with Gasteiger partial charge in [-0.2, -0.15) is 10.3 Å². The standard InChI is InChI=1S/C38H26N4O5S/c1-47-23-17-15-21(16-18-23)19-29-38(46)48-37(41(29)22-9-3-2-4-10-22)28(20-39)35(44)42-36(45)33-31-26-13-7-5-11-24(26)30(32(33)34(43)40-42)25-12-6-8-14-27(25)31/h2-19,30-33H,1H3,(H,40,43)/b29-19+,37-28+. The Labute approximate surface area is 278 Å². The number of hydrogen-bond donors (Lipinski definition) is 1. The molecule has 0 saturated carbocycles. The molecule has 9 rings (SSSR count). The van der Waals surface area contributed by atoms with E-state index in [0.29, 0.717) is 22.0 Å². The Kier molecular flexibility index (Phi) is 6.93. The molecule has 3 amide bonds. The van der Waals surface area contributed by atoms with Crippen LogP contribution < -0.4 is 24.9 Å². The van der Waals surface area contributed by atoms with Crippen molar-refractivity contribution in [2.45, 2.75) is 11.8 Å². The van der Waals surface area contributed by atoms with E-state index in [2.05, 4.69) is 5.43 Å². The number of hydrazine groups is 1. The molecule has 0 spiro atoms. The molecular formula is C38H26N4O5S. The number of amides is 3. The summed E-state index contributed by atoms with van der Waals surface area (Å²) in [5, 5.41) is 11.4. The lowest BCUT2D eigenvalue weighted by Crippen LogP contribution is -2.65. The average Bonchev–Trinajstić information content (AvgIpc) is 3.44. The summed E-state index contributed by atoms with van der Waals surface area (Å²) in [4.78, 5) is 56.2. The number of thiazole rings is 1. The van der Waals surface area contributed by atoms with Crippen molar-refractivity contribution in [3.8, 4) is 17.5 Å². The highest BCUT2D eigenvalue weighted by Crippen LogP contribution is 2.59. The Hall–Kier alpha value is -6.05. The third-order valence-corrected chi connectivity index (χ3v) is 10.5. The van der Waals surface area contributed by atoms with Gasteiger partial charge >= 0.3 is 0 Å². The Morgan fingerprint density at radius 3 is 1.94 bits per heavy atom. The van der Waals surface area contributed by atoms with Crippen molar-refractivity contribution in [1.29, 1.82) is 5.26 Å². The first kappa shape index (κ1) is 29.4. The second kappa shape index (κ2) is 11.3. The number of benzene rings is 4. The normalized spacial score (nSPS) is 21.4. The van der Waals surface area contributed by atoms with E-state index < -0.39 is 45.8 Å². The molecule has 2 heterocycles. The van der Waals surface area contributed by atoms with Crippen LogP contribution in [0, 0.1) is 23.2 Å². The number of nitriles is 1. The van der Waals surface area contributed by atoms with E-state index in [1.165, 1.54) is 0 Å². The molecule has 48 heavy (non-hydrogen) atoms. The van der Waals surface area contributed by atoms with Crippen LogP contribution in [0.25, 0.3) is 17.3 Å². The van der Waals surface area contributed by atoms with Crippen molar-refractivity contribution in [1.82, 2.24) is 15.0 Å². The Morgan fingerprint density at radius 1 is 0.812 bits per heavy atom. The van der Waals surface area contributed by atoms with Crippen molar-refractivity contribution in [2.75, 3.05) is 7.11 Å². The average molecular weight is 651 g/mol. The van der Waals surface area contributed by atoms with Crippen LogP contribution in [0.15, 0.2) is 108 Å². The van der Waals surface area contributed by atoms with Gasteiger partial charge in [-0.25, -0.2) is 0 Å². The van der Waals surface area contributed by atoms with Gasteiger partial charge in [-0.3, -0.25) is 29.2 Å². The molecule has 5 aromatic rings. The summed E-state index contributed by atoms with van der Waals surface area (Å²) in [6.07, 6.45) is 1.67. The fourth-order valence-corrected chi connectivity index (χ4v) is 8.45. The van der Waals surface area contributed by atoms with Crippen LogP contribution in [0.4, 0.5) is 0 Å². The second-order valence-electron chi connectivity index (χ2n) is 11.9. The number of hydrogen-bond acceptors (Lipinski definition) is 7. The van der Waals surface area contributed by atoms with E-state index >= 15 is 0 Å². The van der Waals surface area contributed by atoms with Gasteiger partial charge in [0.1, 0.15) is 21.8 Å². The first-order chi connectivity index (χ1) is 23.4. The number of ether oxygens (including phenoxy) is 1. The number of carbonyl (C=O) groups excluding carboxylic acids is 3. The first-order valence-corrected chi connectivity index (χ1v) is 16.2. The van der Waals surface area contributed by atoms with Gasteiger partial charge in [0.05, 0.1) is 18.9 Å². The lowest BCUT2D eigenvalue weighted by atomic mass is 9.53. The van der Waals surface area contributed by atoms with Crippen LogP contribution in [0.1, 0.15) is 39.7 Å². The van der Waals surface area contributed by atoms with Crippen LogP contribution in [-0.4, -0.2) is 34.4 Å². The highest BCUT2D eigenvalue weighted by atomic mass is 32.1. The quantitative estimate of drug-likeness (QED) is 0.319. The zero-order valence-electron chi connectivity index (χ0n) is 25.5. The number of methoxy groups -OCH3 is 1. The van der Waals surface area contributed by atoms with Crippen molar-refractivity contribution >= 4 is 40.7 Å². The predicted molar refractivity (Wildman–Crippen MR) is 178 cm³/mol. The maximum atomic E-state index is 14.4. The third-order valence-electron chi connectivity index (χ3n) is 9.49. The predicted octanol–water partition coefficient (Wildman–Crippen LogP) is 3.33. The number of nitrogens with one attached hydrogen (secondary N) is 1. The monoisotopic (exact) mass is 650 g/mol. The lowest BCUT2D eigenvalue weighted by Gasteiger charge is -2.52. The van der Waals surface area contributed by atoms with Crippen LogP contribution in [0.2, 0.25) is 0 Å². The minimum Gasteiger partial charge on any atom is -0.497 e. The molecule has 2 bridgehead atoms. The number of imide groups is 1. The molecule has 10 heteroatoms. The number of para-hydroxylation sites is 1. The summed E-state index contributed by atoms with van der Waals surface area (Å²) < 4.78 is 6.45. The SMILES string of the molecule is COc1ccc(/C=c2\c(=O)s/c(=C(\C#N)C(=O)N3NC(=O)C4C5c6ccccc6C(c6ccccc65)C4C3=O)n2-c2ccccc2)cc1. The molecule has 2 unspecified atom stereocenters. The van der Waals surface area contributed by atoms with Crippen molar-refractivity contribution in [3.05, 3.63) is 150 Å².